The molecule has 3 rings (SSSR count). The number of likely N-dealkylation sites (tertiary alicyclic amines) is 2. The average Bonchev–Trinajstić information content (AvgIpc) is 3.19. The Bertz CT molecular complexity index is 767. The molecule has 2 heterocycles. The fourth-order valence-corrected chi connectivity index (χ4v) is 4.55. The van der Waals surface area contributed by atoms with Crippen molar-refractivity contribution in [2.45, 2.75) is 52.0 Å². The minimum atomic E-state index is -0.469. The van der Waals surface area contributed by atoms with Crippen LogP contribution >= 0.6 is 15.9 Å². The zero-order valence-electron chi connectivity index (χ0n) is 16.5. The number of piperidine rings is 1. The van der Waals surface area contributed by atoms with Gasteiger partial charge in [-0.05, 0) is 49.8 Å². The second kappa shape index (κ2) is 9.07. The molecule has 0 saturated carbocycles. The summed E-state index contributed by atoms with van der Waals surface area (Å²) in [5.74, 6) is 0.160. The number of hydrogen-bond donors (Lipinski definition) is 1. The Balaban J connectivity index is 1.80. The first-order valence-corrected chi connectivity index (χ1v) is 10.9. The lowest BCUT2D eigenvalue weighted by molar-refractivity contribution is -0.134. The van der Waals surface area contributed by atoms with Crippen LogP contribution < -0.4 is 5.32 Å². The van der Waals surface area contributed by atoms with Crippen molar-refractivity contribution >= 4 is 39.3 Å². The van der Waals surface area contributed by atoms with Crippen LogP contribution in [0.2, 0.25) is 0 Å². The summed E-state index contributed by atoms with van der Waals surface area (Å²) in [6.07, 6.45) is 4.69. The maximum atomic E-state index is 13.2. The van der Waals surface area contributed by atoms with Gasteiger partial charge in [-0.1, -0.05) is 29.3 Å². The largest absolute Gasteiger partial charge is 0.338 e. The molecule has 2 aliphatic rings. The lowest BCUT2D eigenvalue weighted by Crippen LogP contribution is -2.43. The predicted molar refractivity (Wildman–Crippen MR) is 112 cm³/mol. The molecule has 2 saturated heterocycles. The minimum Gasteiger partial charge on any atom is -0.338 e. The number of amides is 3. The molecule has 2 aliphatic heterocycles. The van der Waals surface area contributed by atoms with E-state index in [0.29, 0.717) is 30.1 Å². The lowest BCUT2D eigenvalue weighted by atomic mass is 9.95. The summed E-state index contributed by atoms with van der Waals surface area (Å²) in [6.45, 7) is 5.75. The van der Waals surface area contributed by atoms with E-state index in [1.807, 2.05) is 11.0 Å². The molecule has 0 spiro atoms. The van der Waals surface area contributed by atoms with Gasteiger partial charge in [0.1, 0.15) is 6.04 Å². The zero-order valence-corrected chi connectivity index (χ0v) is 18.1. The third kappa shape index (κ3) is 4.57. The van der Waals surface area contributed by atoms with Crippen molar-refractivity contribution in [3.05, 3.63) is 28.2 Å². The van der Waals surface area contributed by atoms with E-state index in [9.17, 15) is 14.4 Å². The van der Waals surface area contributed by atoms with E-state index >= 15 is 0 Å². The molecule has 2 fully saturated rings. The highest BCUT2D eigenvalue weighted by Crippen LogP contribution is 2.27. The molecule has 28 heavy (non-hydrogen) atoms. The summed E-state index contributed by atoms with van der Waals surface area (Å²) in [6, 6.07) is 4.87. The molecule has 2 atom stereocenters. The van der Waals surface area contributed by atoms with E-state index < -0.39 is 6.04 Å². The number of carbonyl (C=O) groups excluding carboxylic acids is 3. The first-order chi connectivity index (χ1) is 13.4. The van der Waals surface area contributed by atoms with Crippen LogP contribution in [0.4, 0.5) is 5.69 Å². The normalized spacial score (nSPS) is 22.2. The van der Waals surface area contributed by atoms with Crippen LogP contribution in [0.25, 0.3) is 0 Å². The van der Waals surface area contributed by atoms with E-state index in [2.05, 4.69) is 28.2 Å². The second-order valence-corrected chi connectivity index (χ2v) is 8.63. The Hall–Kier alpha value is -1.89. The first-order valence-electron chi connectivity index (χ1n) is 10.1. The molecule has 0 aliphatic carbocycles. The lowest BCUT2D eigenvalue weighted by Gasteiger charge is -2.33. The van der Waals surface area contributed by atoms with Gasteiger partial charge in [-0.2, -0.15) is 0 Å². The van der Waals surface area contributed by atoms with Crippen molar-refractivity contribution in [2.75, 3.05) is 25.0 Å². The summed E-state index contributed by atoms with van der Waals surface area (Å²) >= 11 is 3.44. The van der Waals surface area contributed by atoms with Gasteiger partial charge in [0.25, 0.3) is 5.91 Å². The van der Waals surface area contributed by atoms with E-state index in [1.54, 1.807) is 17.0 Å². The van der Waals surface area contributed by atoms with Crippen LogP contribution in [0, 0.1) is 5.92 Å². The molecule has 1 aromatic rings. The number of anilines is 1. The van der Waals surface area contributed by atoms with Crippen LogP contribution in [0.3, 0.4) is 0 Å². The van der Waals surface area contributed by atoms with Crippen LogP contribution in [-0.2, 0) is 9.59 Å². The number of nitrogens with zero attached hydrogens (tertiary/aromatic N) is 2. The maximum Gasteiger partial charge on any atom is 0.256 e. The molecule has 0 bridgehead atoms. The van der Waals surface area contributed by atoms with Gasteiger partial charge < -0.3 is 15.1 Å². The number of benzene rings is 1. The van der Waals surface area contributed by atoms with Crippen LogP contribution in [-0.4, -0.2) is 53.2 Å². The summed E-state index contributed by atoms with van der Waals surface area (Å²) < 4.78 is 0.795. The monoisotopic (exact) mass is 449 g/mol. The molecule has 0 aromatic heterocycles. The van der Waals surface area contributed by atoms with Gasteiger partial charge in [0.2, 0.25) is 11.8 Å². The van der Waals surface area contributed by atoms with E-state index in [1.165, 1.54) is 6.92 Å². The maximum absolute atomic E-state index is 13.2. The Morgan fingerprint density at radius 2 is 1.93 bits per heavy atom. The van der Waals surface area contributed by atoms with Gasteiger partial charge in [0.15, 0.2) is 0 Å². The zero-order chi connectivity index (χ0) is 20.3. The van der Waals surface area contributed by atoms with E-state index in [4.69, 9.17) is 0 Å². The van der Waals surface area contributed by atoms with E-state index in [0.717, 1.165) is 43.2 Å². The summed E-state index contributed by atoms with van der Waals surface area (Å²) in [4.78, 5) is 41.3. The molecular formula is C21H28BrN3O3. The second-order valence-electron chi connectivity index (χ2n) is 7.72. The molecule has 0 radical (unpaired) electrons. The van der Waals surface area contributed by atoms with Crippen molar-refractivity contribution in [1.29, 1.82) is 0 Å². The SMILES string of the molecule is CCC1CCCN(C(=O)c2cc(Br)ccc2NC(=O)C2CCCN2C(C)=O)C1. The predicted octanol–water partition coefficient (Wildman–Crippen LogP) is 3.66. The molecular weight excluding hydrogens is 422 g/mol. The Kier molecular flexibility index (Phi) is 6.75. The van der Waals surface area contributed by atoms with Crippen molar-refractivity contribution < 1.29 is 14.4 Å². The van der Waals surface area contributed by atoms with Gasteiger partial charge in [0.05, 0.1) is 11.3 Å². The standard InChI is InChI=1S/C21H28BrN3O3/c1-3-15-6-4-10-24(13-15)21(28)17-12-16(22)8-9-18(17)23-20(27)19-7-5-11-25(19)14(2)26/h8-9,12,15,19H,3-7,10-11,13H2,1-2H3,(H,23,27). The Labute approximate surface area is 174 Å². The van der Waals surface area contributed by atoms with Gasteiger partial charge in [0, 0.05) is 31.0 Å². The van der Waals surface area contributed by atoms with Crippen molar-refractivity contribution in [3.63, 3.8) is 0 Å². The third-order valence-corrected chi connectivity index (χ3v) is 6.31. The van der Waals surface area contributed by atoms with E-state index in [-0.39, 0.29) is 17.7 Å². The molecule has 2 unspecified atom stereocenters. The highest BCUT2D eigenvalue weighted by molar-refractivity contribution is 9.10. The van der Waals surface area contributed by atoms with Crippen molar-refractivity contribution in [1.82, 2.24) is 9.80 Å². The number of rotatable bonds is 4. The third-order valence-electron chi connectivity index (χ3n) is 5.81. The Morgan fingerprint density at radius 1 is 1.18 bits per heavy atom. The number of carbonyl (C=O) groups is 3. The van der Waals surface area contributed by atoms with Crippen LogP contribution in [0.1, 0.15) is 56.3 Å². The molecule has 152 valence electrons. The summed E-state index contributed by atoms with van der Waals surface area (Å²) in [5, 5.41) is 2.91. The smallest absolute Gasteiger partial charge is 0.256 e. The van der Waals surface area contributed by atoms with Crippen LogP contribution in [0.15, 0.2) is 22.7 Å². The van der Waals surface area contributed by atoms with Gasteiger partial charge in [-0.25, -0.2) is 0 Å². The molecule has 7 heteroatoms. The summed E-state index contributed by atoms with van der Waals surface area (Å²) in [7, 11) is 0. The van der Waals surface area contributed by atoms with Crippen molar-refractivity contribution in [2.24, 2.45) is 5.92 Å². The average molecular weight is 450 g/mol. The topological polar surface area (TPSA) is 69.7 Å². The van der Waals surface area contributed by atoms with Crippen molar-refractivity contribution in [3.8, 4) is 0 Å². The van der Waals surface area contributed by atoms with Gasteiger partial charge in [-0.3, -0.25) is 14.4 Å². The quantitative estimate of drug-likeness (QED) is 0.762. The highest BCUT2D eigenvalue weighted by atomic mass is 79.9. The minimum absolute atomic E-state index is 0.0513. The fourth-order valence-electron chi connectivity index (χ4n) is 4.19. The molecule has 1 N–H and O–H groups in total. The number of halogens is 1. The van der Waals surface area contributed by atoms with Gasteiger partial charge in [-0.15, -0.1) is 0 Å². The highest BCUT2D eigenvalue weighted by Gasteiger charge is 2.33. The molecule has 1 aromatic carbocycles. The summed E-state index contributed by atoms with van der Waals surface area (Å²) in [5.41, 5.74) is 0.999. The number of nitrogens with one attached hydrogen (secondary N) is 1. The first kappa shape index (κ1) is 20.8. The van der Waals surface area contributed by atoms with Gasteiger partial charge >= 0.3 is 0 Å². The molecule has 3 amide bonds. The molecule has 6 nitrogen and oxygen atoms in total. The van der Waals surface area contributed by atoms with Crippen LogP contribution in [0.5, 0.6) is 0 Å². The number of hydrogen-bond acceptors (Lipinski definition) is 3. The Morgan fingerprint density at radius 3 is 2.64 bits per heavy atom. The fraction of sp³-hybridized carbons (Fsp3) is 0.571.